The van der Waals surface area contributed by atoms with Crippen molar-refractivity contribution < 1.29 is 5.11 Å². The van der Waals surface area contributed by atoms with Gasteiger partial charge in [-0.25, -0.2) is 0 Å². The second-order valence-corrected chi connectivity index (χ2v) is 3.26. The molecule has 66 valence electrons. The molecule has 0 aromatic carbocycles. The smallest absolute Gasteiger partial charge is 0.110 e. The molecule has 0 fully saturated rings. The highest BCUT2D eigenvalue weighted by atomic mass is 16.3. The van der Waals surface area contributed by atoms with Crippen LogP contribution in [0.1, 0.15) is 20.3 Å². The van der Waals surface area contributed by atoms with Crippen LogP contribution in [0, 0.1) is 11.8 Å². The molecule has 0 rings (SSSR count). The molecule has 2 atom stereocenters. The van der Waals surface area contributed by atoms with E-state index in [4.69, 9.17) is 0 Å². The highest BCUT2D eigenvalue weighted by Gasteiger charge is 2.14. The van der Waals surface area contributed by atoms with Crippen LogP contribution in [0.5, 0.6) is 0 Å². The van der Waals surface area contributed by atoms with Gasteiger partial charge in [-0.3, -0.25) is 5.32 Å². The average molecular weight is 157 g/mol. The van der Waals surface area contributed by atoms with E-state index in [1.54, 1.807) is 13.1 Å². The Morgan fingerprint density at radius 1 is 1.55 bits per heavy atom. The van der Waals surface area contributed by atoms with Crippen molar-refractivity contribution >= 4 is 0 Å². The summed E-state index contributed by atoms with van der Waals surface area (Å²) in [5.41, 5.74) is 0. The number of hydrogen-bond donors (Lipinski definition) is 2. The first-order valence-corrected chi connectivity index (χ1v) is 4.09. The van der Waals surface area contributed by atoms with Gasteiger partial charge in [0.15, 0.2) is 0 Å². The average Bonchev–Trinajstić information content (AvgIpc) is 1.98. The van der Waals surface area contributed by atoms with Gasteiger partial charge >= 0.3 is 0 Å². The van der Waals surface area contributed by atoms with Crippen molar-refractivity contribution in [1.29, 1.82) is 0 Å². The van der Waals surface area contributed by atoms with Crippen LogP contribution in [0.2, 0.25) is 0 Å². The van der Waals surface area contributed by atoms with Crippen molar-refractivity contribution in [3.8, 4) is 0 Å². The summed E-state index contributed by atoms with van der Waals surface area (Å²) >= 11 is 0. The Bertz CT molecular complexity index is 112. The molecule has 2 N–H and O–H groups in total. The lowest BCUT2D eigenvalue weighted by Crippen LogP contribution is -2.32. The van der Waals surface area contributed by atoms with Crippen molar-refractivity contribution in [3.63, 3.8) is 0 Å². The molecule has 0 heterocycles. The number of aliphatic hydroxyl groups is 1. The fourth-order valence-electron chi connectivity index (χ4n) is 1.11. The first-order valence-electron chi connectivity index (χ1n) is 4.09. The zero-order chi connectivity index (χ0) is 8.85. The van der Waals surface area contributed by atoms with Gasteiger partial charge in [0, 0.05) is 5.92 Å². The first-order chi connectivity index (χ1) is 5.11. The molecular weight excluding hydrogens is 138 g/mol. The van der Waals surface area contributed by atoms with Crippen LogP contribution in [0.4, 0.5) is 0 Å². The van der Waals surface area contributed by atoms with E-state index in [9.17, 15) is 5.11 Å². The van der Waals surface area contributed by atoms with Crippen LogP contribution in [0.3, 0.4) is 0 Å². The topological polar surface area (TPSA) is 32.3 Å². The van der Waals surface area contributed by atoms with Gasteiger partial charge in [-0.1, -0.05) is 19.9 Å². The SMILES string of the molecule is C=CC(CC(C)C)C(O)NC. The summed E-state index contributed by atoms with van der Waals surface area (Å²) in [6.45, 7) is 7.96. The summed E-state index contributed by atoms with van der Waals surface area (Å²) in [6, 6.07) is 0. The molecule has 0 aliphatic rings. The molecule has 0 bridgehead atoms. The highest BCUT2D eigenvalue weighted by Crippen LogP contribution is 2.14. The Kier molecular flexibility index (Phi) is 5.16. The Morgan fingerprint density at radius 2 is 2.09 bits per heavy atom. The largest absolute Gasteiger partial charge is 0.378 e. The molecule has 0 aliphatic carbocycles. The molecular formula is C9H19NO. The van der Waals surface area contributed by atoms with Crippen LogP contribution in [-0.4, -0.2) is 18.4 Å². The highest BCUT2D eigenvalue weighted by molar-refractivity contribution is 4.83. The van der Waals surface area contributed by atoms with Gasteiger partial charge in [0.1, 0.15) is 6.23 Å². The van der Waals surface area contributed by atoms with Crippen molar-refractivity contribution in [1.82, 2.24) is 5.32 Å². The van der Waals surface area contributed by atoms with Crippen molar-refractivity contribution in [2.75, 3.05) is 7.05 Å². The van der Waals surface area contributed by atoms with Crippen LogP contribution in [0.25, 0.3) is 0 Å². The lowest BCUT2D eigenvalue weighted by molar-refractivity contribution is 0.0936. The van der Waals surface area contributed by atoms with Crippen LogP contribution in [0.15, 0.2) is 12.7 Å². The maximum absolute atomic E-state index is 9.38. The summed E-state index contributed by atoms with van der Waals surface area (Å²) in [4.78, 5) is 0. The molecule has 2 nitrogen and oxygen atoms in total. The molecule has 0 saturated heterocycles. The maximum atomic E-state index is 9.38. The summed E-state index contributed by atoms with van der Waals surface area (Å²) in [7, 11) is 1.75. The molecule has 0 saturated carbocycles. The lowest BCUT2D eigenvalue weighted by Gasteiger charge is -2.20. The van der Waals surface area contributed by atoms with E-state index in [-0.39, 0.29) is 5.92 Å². The Morgan fingerprint density at radius 3 is 2.36 bits per heavy atom. The zero-order valence-corrected chi connectivity index (χ0v) is 7.67. The van der Waals surface area contributed by atoms with Gasteiger partial charge in [-0.2, -0.15) is 0 Å². The second-order valence-electron chi connectivity index (χ2n) is 3.26. The third-order valence-corrected chi connectivity index (χ3v) is 1.75. The lowest BCUT2D eigenvalue weighted by atomic mass is 9.96. The number of nitrogens with one attached hydrogen (secondary N) is 1. The van der Waals surface area contributed by atoms with Crippen LogP contribution >= 0.6 is 0 Å². The van der Waals surface area contributed by atoms with E-state index in [1.807, 2.05) is 0 Å². The maximum Gasteiger partial charge on any atom is 0.110 e. The molecule has 0 radical (unpaired) electrons. The fourth-order valence-corrected chi connectivity index (χ4v) is 1.11. The van der Waals surface area contributed by atoms with Crippen molar-refractivity contribution in [2.24, 2.45) is 11.8 Å². The third kappa shape index (κ3) is 4.17. The van der Waals surface area contributed by atoms with Crippen molar-refractivity contribution in [2.45, 2.75) is 26.5 Å². The normalized spacial score (nSPS) is 16.5. The zero-order valence-electron chi connectivity index (χ0n) is 7.67. The van der Waals surface area contributed by atoms with Gasteiger partial charge in [-0.05, 0) is 19.4 Å². The molecule has 2 heteroatoms. The van der Waals surface area contributed by atoms with Crippen molar-refractivity contribution in [3.05, 3.63) is 12.7 Å². The van der Waals surface area contributed by atoms with E-state index in [1.165, 1.54) is 0 Å². The summed E-state index contributed by atoms with van der Waals surface area (Å²) in [5, 5.41) is 12.2. The molecule has 0 aliphatic heterocycles. The molecule has 0 spiro atoms. The van der Waals surface area contributed by atoms with Gasteiger partial charge in [-0.15, -0.1) is 6.58 Å². The Balaban J connectivity index is 3.84. The molecule has 0 aromatic rings. The van der Waals surface area contributed by atoms with Gasteiger partial charge < -0.3 is 5.11 Å². The van der Waals surface area contributed by atoms with E-state index < -0.39 is 6.23 Å². The Labute approximate surface area is 69.3 Å². The second kappa shape index (κ2) is 5.33. The van der Waals surface area contributed by atoms with Crippen LogP contribution in [-0.2, 0) is 0 Å². The number of rotatable bonds is 5. The third-order valence-electron chi connectivity index (χ3n) is 1.75. The fraction of sp³-hybridized carbons (Fsp3) is 0.778. The standard InChI is InChI=1S/C9H19NO/c1-5-8(6-7(2)3)9(11)10-4/h5,7-11H,1,6H2,2-4H3. The summed E-state index contributed by atoms with van der Waals surface area (Å²) < 4.78 is 0. The minimum atomic E-state index is -0.449. The number of aliphatic hydroxyl groups excluding tert-OH is 1. The van der Waals surface area contributed by atoms with E-state index >= 15 is 0 Å². The monoisotopic (exact) mass is 157 g/mol. The molecule has 0 aromatic heterocycles. The molecule has 2 unspecified atom stereocenters. The Hall–Kier alpha value is -0.340. The van der Waals surface area contributed by atoms with E-state index in [2.05, 4.69) is 25.7 Å². The first kappa shape index (κ1) is 10.7. The molecule has 11 heavy (non-hydrogen) atoms. The summed E-state index contributed by atoms with van der Waals surface area (Å²) in [6.07, 6.45) is 2.34. The minimum Gasteiger partial charge on any atom is -0.378 e. The predicted molar refractivity (Wildman–Crippen MR) is 48.2 cm³/mol. The minimum absolute atomic E-state index is 0.167. The molecule has 0 amide bonds. The van der Waals surface area contributed by atoms with Gasteiger partial charge in [0.05, 0.1) is 0 Å². The predicted octanol–water partition coefficient (Wildman–Crippen LogP) is 1.37. The van der Waals surface area contributed by atoms with Crippen LogP contribution < -0.4 is 5.32 Å². The number of hydrogen-bond acceptors (Lipinski definition) is 2. The quantitative estimate of drug-likeness (QED) is 0.466. The van der Waals surface area contributed by atoms with Gasteiger partial charge in [0.2, 0.25) is 0 Å². The van der Waals surface area contributed by atoms with E-state index in [0.29, 0.717) is 5.92 Å². The van der Waals surface area contributed by atoms with Gasteiger partial charge in [0.25, 0.3) is 0 Å². The summed E-state index contributed by atoms with van der Waals surface area (Å²) in [5.74, 6) is 0.765. The van der Waals surface area contributed by atoms with E-state index in [0.717, 1.165) is 6.42 Å².